The van der Waals surface area contributed by atoms with Gasteiger partial charge in [-0.15, -0.1) is 0 Å². The molecule has 0 atom stereocenters. The topological polar surface area (TPSA) is 87.6 Å². The molecule has 4 aromatic rings. The monoisotopic (exact) mass is 484 g/mol. The Morgan fingerprint density at radius 3 is 1.34 bits per heavy atom. The number of benzene rings is 4. The van der Waals surface area contributed by atoms with Crippen molar-refractivity contribution in [3.05, 3.63) is 95.0 Å². The molecule has 0 spiro atoms. The summed E-state index contributed by atoms with van der Waals surface area (Å²) >= 11 is 12.4. The van der Waals surface area contributed by atoms with Crippen LogP contribution in [0, 0.1) is 0 Å². The summed E-state index contributed by atoms with van der Waals surface area (Å²) in [7, 11) is -1.71. The minimum absolute atomic E-state index is 0.374. The quantitative estimate of drug-likeness (QED) is 0.290. The number of anilines is 2. The normalized spacial score (nSPS) is 10.8. The van der Waals surface area contributed by atoms with E-state index in [0.717, 1.165) is 0 Å². The zero-order valence-electron chi connectivity index (χ0n) is 16.6. The van der Waals surface area contributed by atoms with Crippen LogP contribution in [0.5, 0.6) is 23.0 Å². The second-order valence-corrected chi connectivity index (χ2v) is 9.08. The highest BCUT2D eigenvalue weighted by atomic mass is 35.5. The van der Waals surface area contributed by atoms with Gasteiger partial charge in [0, 0.05) is 21.4 Å². The molecule has 32 heavy (non-hydrogen) atoms. The van der Waals surface area contributed by atoms with Gasteiger partial charge in [-0.25, -0.2) is 4.21 Å². The molecule has 0 amide bonds. The molecule has 0 saturated heterocycles. The SMILES string of the molecule is Nc1ccc(Oc2ccc(Cl)cc2S(=O)c2cc(Cl)ccc2Oc2ccc(N)cc2)cc1. The number of halogens is 2. The summed E-state index contributed by atoms with van der Waals surface area (Å²) in [5, 5.41) is 0.835. The van der Waals surface area contributed by atoms with Crippen LogP contribution in [0.25, 0.3) is 0 Å². The fraction of sp³-hybridized carbons (Fsp3) is 0. The van der Waals surface area contributed by atoms with E-state index in [4.69, 9.17) is 44.1 Å². The van der Waals surface area contributed by atoms with Crippen LogP contribution in [-0.4, -0.2) is 4.21 Å². The van der Waals surface area contributed by atoms with E-state index in [1.165, 1.54) is 0 Å². The first-order chi connectivity index (χ1) is 15.4. The van der Waals surface area contributed by atoms with Gasteiger partial charge in [-0.1, -0.05) is 23.2 Å². The van der Waals surface area contributed by atoms with Gasteiger partial charge in [-0.05, 0) is 84.9 Å². The Bertz CT molecular complexity index is 1180. The van der Waals surface area contributed by atoms with Crippen molar-refractivity contribution in [1.82, 2.24) is 0 Å². The highest BCUT2D eigenvalue weighted by Crippen LogP contribution is 2.38. The van der Waals surface area contributed by atoms with Crippen molar-refractivity contribution in [2.24, 2.45) is 0 Å². The summed E-state index contributed by atoms with van der Waals surface area (Å²) in [6.07, 6.45) is 0. The first-order valence-corrected chi connectivity index (χ1v) is 11.4. The van der Waals surface area contributed by atoms with E-state index in [-0.39, 0.29) is 0 Å². The second-order valence-electron chi connectivity index (χ2n) is 6.79. The third-order valence-electron chi connectivity index (χ3n) is 4.43. The van der Waals surface area contributed by atoms with Gasteiger partial charge in [-0.2, -0.15) is 0 Å². The van der Waals surface area contributed by atoms with Gasteiger partial charge in [0.15, 0.2) is 0 Å². The van der Waals surface area contributed by atoms with E-state index in [0.29, 0.717) is 54.2 Å². The average molecular weight is 485 g/mol. The van der Waals surface area contributed by atoms with Crippen LogP contribution < -0.4 is 20.9 Å². The van der Waals surface area contributed by atoms with Gasteiger partial charge in [0.25, 0.3) is 0 Å². The number of nitrogen functional groups attached to an aromatic ring is 2. The van der Waals surface area contributed by atoms with Gasteiger partial charge in [-0.3, -0.25) is 0 Å². The van der Waals surface area contributed by atoms with E-state index in [9.17, 15) is 4.21 Å². The molecule has 0 fully saturated rings. The van der Waals surface area contributed by atoms with Crippen LogP contribution >= 0.6 is 23.2 Å². The van der Waals surface area contributed by atoms with Gasteiger partial charge in [0.05, 0.1) is 20.6 Å². The van der Waals surface area contributed by atoms with E-state index < -0.39 is 10.8 Å². The van der Waals surface area contributed by atoms with Crippen LogP contribution in [0.1, 0.15) is 0 Å². The summed E-state index contributed by atoms with van der Waals surface area (Å²) in [5.41, 5.74) is 12.7. The third-order valence-corrected chi connectivity index (χ3v) is 6.33. The maximum Gasteiger partial charge on any atom is 0.144 e. The lowest BCUT2D eigenvalue weighted by molar-refractivity contribution is 0.466. The third kappa shape index (κ3) is 5.16. The molecule has 0 aliphatic rings. The number of hydrogen-bond donors (Lipinski definition) is 2. The Morgan fingerprint density at radius 1 is 0.594 bits per heavy atom. The summed E-state index contributed by atoms with van der Waals surface area (Å²) in [5.74, 6) is 1.86. The van der Waals surface area contributed by atoms with Crippen molar-refractivity contribution >= 4 is 45.4 Å². The van der Waals surface area contributed by atoms with Crippen molar-refractivity contribution in [2.75, 3.05) is 11.5 Å². The van der Waals surface area contributed by atoms with Crippen molar-refractivity contribution in [1.29, 1.82) is 0 Å². The maximum absolute atomic E-state index is 13.7. The van der Waals surface area contributed by atoms with Crippen molar-refractivity contribution in [3.8, 4) is 23.0 Å². The number of rotatable bonds is 6. The summed E-state index contributed by atoms with van der Waals surface area (Å²) in [6.45, 7) is 0. The molecular formula is C24H18Cl2N2O3S. The molecule has 0 aliphatic heterocycles. The van der Waals surface area contributed by atoms with Gasteiger partial charge < -0.3 is 20.9 Å². The molecule has 8 heteroatoms. The lowest BCUT2D eigenvalue weighted by Crippen LogP contribution is -2.00. The molecule has 0 unspecified atom stereocenters. The van der Waals surface area contributed by atoms with Crippen LogP contribution in [-0.2, 0) is 10.8 Å². The first-order valence-electron chi connectivity index (χ1n) is 9.47. The highest BCUT2D eigenvalue weighted by molar-refractivity contribution is 7.85. The molecule has 0 aliphatic carbocycles. The zero-order chi connectivity index (χ0) is 22.7. The fourth-order valence-corrected chi connectivity index (χ4v) is 4.63. The molecule has 0 heterocycles. The Labute approximate surface area is 197 Å². The highest BCUT2D eigenvalue weighted by Gasteiger charge is 2.20. The van der Waals surface area contributed by atoms with Crippen LogP contribution in [0.4, 0.5) is 11.4 Å². The van der Waals surface area contributed by atoms with Gasteiger partial charge in [0.1, 0.15) is 23.0 Å². The molecule has 0 saturated carbocycles. The van der Waals surface area contributed by atoms with Crippen LogP contribution in [0.2, 0.25) is 10.0 Å². The Morgan fingerprint density at radius 2 is 0.969 bits per heavy atom. The number of ether oxygens (including phenoxy) is 2. The van der Waals surface area contributed by atoms with Gasteiger partial charge in [0.2, 0.25) is 0 Å². The molecule has 0 radical (unpaired) electrons. The molecule has 5 nitrogen and oxygen atoms in total. The zero-order valence-corrected chi connectivity index (χ0v) is 19.0. The molecular weight excluding hydrogens is 467 g/mol. The fourth-order valence-electron chi connectivity index (χ4n) is 2.87. The first kappa shape index (κ1) is 22.0. The van der Waals surface area contributed by atoms with Crippen LogP contribution in [0.3, 0.4) is 0 Å². The lowest BCUT2D eigenvalue weighted by atomic mass is 10.3. The number of nitrogens with two attached hydrogens (primary N) is 2. The summed E-state index contributed by atoms with van der Waals surface area (Å²) < 4.78 is 25.6. The number of hydrogen-bond acceptors (Lipinski definition) is 5. The standard InChI is InChI=1S/C24H18Cl2N2O3S/c25-15-1-11-21(30-19-7-3-17(27)4-8-19)23(13-15)32(29)24-14-16(26)2-12-22(24)31-20-9-5-18(28)6-10-20/h1-14H,27-28H2. The molecule has 4 aromatic carbocycles. The minimum Gasteiger partial charge on any atom is -0.456 e. The predicted molar refractivity (Wildman–Crippen MR) is 129 cm³/mol. The van der Waals surface area contributed by atoms with Crippen molar-refractivity contribution < 1.29 is 13.7 Å². The minimum atomic E-state index is -1.71. The van der Waals surface area contributed by atoms with Crippen molar-refractivity contribution in [3.63, 3.8) is 0 Å². The predicted octanol–water partition coefficient (Wildman–Crippen LogP) is 6.91. The largest absolute Gasteiger partial charge is 0.456 e. The Kier molecular flexibility index (Phi) is 6.55. The average Bonchev–Trinajstić information content (AvgIpc) is 2.78. The van der Waals surface area contributed by atoms with Crippen LogP contribution in [0.15, 0.2) is 94.7 Å². The molecule has 162 valence electrons. The second kappa shape index (κ2) is 9.53. The molecule has 0 aromatic heterocycles. The smallest absolute Gasteiger partial charge is 0.144 e. The Hall–Kier alpha value is -3.19. The maximum atomic E-state index is 13.7. The van der Waals surface area contributed by atoms with E-state index in [2.05, 4.69) is 0 Å². The van der Waals surface area contributed by atoms with Gasteiger partial charge >= 0.3 is 0 Å². The van der Waals surface area contributed by atoms with Crippen molar-refractivity contribution in [2.45, 2.75) is 9.79 Å². The lowest BCUT2D eigenvalue weighted by Gasteiger charge is -2.15. The Balaban J connectivity index is 1.72. The van der Waals surface area contributed by atoms with E-state index in [1.54, 1.807) is 84.9 Å². The molecule has 4 rings (SSSR count). The summed E-state index contributed by atoms with van der Waals surface area (Å²) in [6, 6.07) is 23.6. The molecule has 4 N–H and O–H groups in total. The molecule has 0 bridgehead atoms. The van der Waals surface area contributed by atoms with E-state index >= 15 is 0 Å². The van der Waals surface area contributed by atoms with E-state index in [1.807, 2.05) is 0 Å². The summed E-state index contributed by atoms with van der Waals surface area (Å²) in [4.78, 5) is 0.748.